The van der Waals surface area contributed by atoms with Crippen LogP contribution in [-0.2, 0) is 0 Å². The second-order valence-corrected chi connectivity index (χ2v) is 6.48. The number of hydrogen-bond acceptors (Lipinski definition) is 5. The standard InChI is InChI=1S/C16H22N2O2S/c1-11-4-6-15(7-5-11)20-10-14(19)9-17-13(3)16-18-8-12(2)21-16/h4-8,13-14,17,19H,9-10H2,1-3H3. The topological polar surface area (TPSA) is 54.4 Å². The first-order chi connectivity index (χ1) is 10.0. The van der Waals surface area contributed by atoms with Crippen molar-refractivity contribution in [2.45, 2.75) is 32.9 Å². The highest BCUT2D eigenvalue weighted by Gasteiger charge is 2.12. The van der Waals surface area contributed by atoms with Gasteiger partial charge in [0.1, 0.15) is 23.5 Å². The predicted molar refractivity (Wildman–Crippen MR) is 85.9 cm³/mol. The van der Waals surface area contributed by atoms with Crippen LogP contribution in [0.2, 0.25) is 0 Å². The zero-order valence-corrected chi connectivity index (χ0v) is 13.5. The third-order valence-corrected chi connectivity index (χ3v) is 4.23. The van der Waals surface area contributed by atoms with Gasteiger partial charge in [0.2, 0.25) is 0 Å². The van der Waals surface area contributed by atoms with E-state index in [4.69, 9.17) is 4.74 Å². The van der Waals surface area contributed by atoms with E-state index in [2.05, 4.69) is 10.3 Å². The lowest BCUT2D eigenvalue weighted by Crippen LogP contribution is -2.33. The molecular formula is C16H22N2O2S. The quantitative estimate of drug-likeness (QED) is 0.826. The molecule has 21 heavy (non-hydrogen) atoms. The van der Waals surface area contributed by atoms with Gasteiger partial charge in [-0.25, -0.2) is 4.98 Å². The number of nitrogens with zero attached hydrogens (tertiary/aromatic N) is 1. The Morgan fingerprint density at radius 3 is 2.62 bits per heavy atom. The minimum absolute atomic E-state index is 0.137. The van der Waals surface area contributed by atoms with Crippen LogP contribution in [-0.4, -0.2) is 29.3 Å². The number of aryl methyl sites for hydroxylation is 2. The lowest BCUT2D eigenvalue weighted by atomic mass is 10.2. The largest absolute Gasteiger partial charge is 0.491 e. The van der Waals surface area contributed by atoms with Crippen LogP contribution in [0.4, 0.5) is 0 Å². The number of nitrogens with one attached hydrogen (secondary N) is 1. The maximum atomic E-state index is 9.96. The van der Waals surface area contributed by atoms with Gasteiger partial charge in [-0.1, -0.05) is 17.7 Å². The summed E-state index contributed by atoms with van der Waals surface area (Å²) in [6.45, 7) is 6.87. The first-order valence-electron chi connectivity index (χ1n) is 7.08. The van der Waals surface area contributed by atoms with Crippen molar-refractivity contribution in [3.8, 4) is 5.75 Å². The molecule has 0 amide bonds. The minimum atomic E-state index is -0.546. The number of hydrogen-bond donors (Lipinski definition) is 2. The Morgan fingerprint density at radius 2 is 2.00 bits per heavy atom. The molecule has 0 fully saturated rings. The van der Waals surface area contributed by atoms with Gasteiger partial charge in [0.25, 0.3) is 0 Å². The van der Waals surface area contributed by atoms with Crippen molar-refractivity contribution in [1.82, 2.24) is 10.3 Å². The maximum Gasteiger partial charge on any atom is 0.119 e. The Balaban J connectivity index is 1.72. The van der Waals surface area contributed by atoms with Crippen molar-refractivity contribution in [3.05, 3.63) is 45.9 Å². The van der Waals surface area contributed by atoms with Gasteiger partial charge in [0, 0.05) is 17.6 Å². The lowest BCUT2D eigenvalue weighted by molar-refractivity contribution is 0.104. The fourth-order valence-corrected chi connectivity index (χ4v) is 2.66. The average Bonchev–Trinajstić information content (AvgIpc) is 2.91. The van der Waals surface area contributed by atoms with Crippen molar-refractivity contribution >= 4 is 11.3 Å². The summed E-state index contributed by atoms with van der Waals surface area (Å²) in [4.78, 5) is 5.53. The summed E-state index contributed by atoms with van der Waals surface area (Å²) in [5.41, 5.74) is 1.19. The van der Waals surface area contributed by atoms with Crippen LogP contribution in [0, 0.1) is 13.8 Å². The Morgan fingerprint density at radius 1 is 1.29 bits per heavy atom. The van der Waals surface area contributed by atoms with Crippen LogP contribution < -0.4 is 10.1 Å². The van der Waals surface area contributed by atoms with E-state index in [1.54, 1.807) is 11.3 Å². The van der Waals surface area contributed by atoms with E-state index in [-0.39, 0.29) is 12.6 Å². The van der Waals surface area contributed by atoms with Crippen LogP contribution in [0.1, 0.15) is 28.4 Å². The Labute approximate surface area is 129 Å². The highest BCUT2D eigenvalue weighted by Crippen LogP contribution is 2.18. The van der Waals surface area contributed by atoms with Gasteiger partial charge in [0.15, 0.2) is 0 Å². The molecule has 4 nitrogen and oxygen atoms in total. The SMILES string of the molecule is Cc1ccc(OCC(O)CNC(C)c2ncc(C)s2)cc1. The van der Waals surface area contributed by atoms with E-state index in [0.29, 0.717) is 6.54 Å². The molecule has 1 heterocycles. The molecule has 0 spiro atoms. The van der Waals surface area contributed by atoms with Crippen molar-refractivity contribution in [1.29, 1.82) is 0 Å². The van der Waals surface area contributed by atoms with Crippen LogP contribution in [0.5, 0.6) is 5.75 Å². The summed E-state index contributed by atoms with van der Waals surface area (Å²) in [5.74, 6) is 0.781. The number of aliphatic hydroxyl groups is 1. The summed E-state index contributed by atoms with van der Waals surface area (Å²) in [6.07, 6.45) is 1.32. The van der Waals surface area contributed by atoms with E-state index < -0.39 is 6.10 Å². The summed E-state index contributed by atoms with van der Waals surface area (Å²) in [6, 6.07) is 7.95. The monoisotopic (exact) mass is 306 g/mol. The number of thiazole rings is 1. The fourth-order valence-electron chi connectivity index (χ4n) is 1.86. The highest BCUT2D eigenvalue weighted by atomic mass is 32.1. The zero-order chi connectivity index (χ0) is 15.2. The molecule has 0 bridgehead atoms. The third-order valence-electron chi connectivity index (χ3n) is 3.13. The van der Waals surface area contributed by atoms with Crippen molar-refractivity contribution in [2.24, 2.45) is 0 Å². The van der Waals surface area contributed by atoms with Crippen LogP contribution in [0.15, 0.2) is 30.5 Å². The minimum Gasteiger partial charge on any atom is -0.491 e. The first-order valence-corrected chi connectivity index (χ1v) is 7.89. The van der Waals surface area contributed by atoms with Crippen LogP contribution in [0.3, 0.4) is 0 Å². The summed E-state index contributed by atoms with van der Waals surface area (Å²) in [5, 5.41) is 14.3. The number of aliphatic hydroxyl groups excluding tert-OH is 1. The number of benzene rings is 1. The van der Waals surface area contributed by atoms with E-state index in [1.807, 2.05) is 51.2 Å². The molecule has 2 rings (SSSR count). The normalized spacial score (nSPS) is 13.9. The molecular weight excluding hydrogens is 284 g/mol. The molecule has 0 radical (unpaired) electrons. The van der Waals surface area contributed by atoms with Crippen molar-refractivity contribution < 1.29 is 9.84 Å². The molecule has 2 atom stereocenters. The molecule has 0 aliphatic heterocycles. The Hall–Kier alpha value is -1.43. The smallest absolute Gasteiger partial charge is 0.119 e. The van der Waals surface area contributed by atoms with E-state index in [1.165, 1.54) is 10.4 Å². The molecule has 0 saturated heterocycles. The summed E-state index contributed by atoms with van der Waals surface area (Å²) >= 11 is 1.67. The fraction of sp³-hybridized carbons (Fsp3) is 0.438. The van der Waals surface area contributed by atoms with Gasteiger partial charge in [0.05, 0.1) is 6.04 Å². The van der Waals surface area contributed by atoms with E-state index in [9.17, 15) is 5.11 Å². The molecule has 1 aromatic heterocycles. The average molecular weight is 306 g/mol. The van der Waals surface area contributed by atoms with Gasteiger partial charge in [-0.3, -0.25) is 0 Å². The summed E-state index contributed by atoms with van der Waals surface area (Å²) in [7, 11) is 0. The molecule has 2 unspecified atom stereocenters. The Kier molecular flexibility index (Phi) is 5.73. The van der Waals surface area contributed by atoms with Crippen molar-refractivity contribution in [3.63, 3.8) is 0 Å². The molecule has 0 saturated carbocycles. The molecule has 1 aromatic carbocycles. The maximum absolute atomic E-state index is 9.96. The second-order valence-electron chi connectivity index (χ2n) is 5.22. The van der Waals surface area contributed by atoms with Gasteiger partial charge in [-0.05, 0) is 32.9 Å². The molecule has 2 aromatic rings. The number of ether oxygens (including phenoxy) is 1. The molecule has 0 aliphatic rings. The lowest BCUT2D eigenvalue weighted by Gasteiger charge is -2.16. The molecule has 114 valence electrons. The van der Waals surface area contributed by atoms with Gasteiger partial charge in [-0.2, -0.15) is 0 Å². The van der Waals surface area contributed by atoms with Gasteiger partial charge >= 0.3 is 0 Å². The second kappa shape index (κ2) is 7.54. The van der Waals surface area contributed by atoms with Crippen molar-refractivity contribution in [2.75, 3.05) is 13.2 Å². The van der Waals surface area contributed by atoms with Gasteiger partial charge < -0.3 is 15.2 Å². The molecule has 2 N–H and O–H groups in total. The molecule has 0 aliphatic carbocycles. The predicted octanol–water partition coefficient (Wildman–Crippen LogP) is 2.85. The first kappa shape index (κ1) is 15.9. The van der Waals surface area contributed by atoms with E-state index in [0.717, 1.165) is 10.8 Å². The van der Waals surface area contributed by atoms with E-state index >= 15 is 0 Å². The number of aromatic nitrogens is 1. The Bertz CT molecular complexity index is 554. The molecule has 5 heteroatoms. The number of rotatable bonds is 7. The van der Waals surface area contributed by atoms with Crippen LogP contribution in [0.25, 0.3) is 0 Å². The third kappa shape index (κ3) is 5.12. The highest BCUT2D eigenvalue weighted by molar-refractivity contribution is 7.11. The van der Waals surface area contributed by atoms with Gasteiger partial charge in [-0.15, -0.1) is 11.3 Å². The summed E-state index contributed by atoms with van der Waals surface area (Å²) < 4.78 is 5.56. The zero-order valence-electron chi connectivity index (χ0n) is 12.7. The van der Waals surface area contributed by atoms with Crippen LogP contribution >= 0.6 is 11.3 Å².